The highest BCUT2D eigenvalue weighted by Gasteiger charge is 2.31. The van der Waals surface area contributed by atoms with Gasteiger partial charge in [-0.25, -0.2) is 8.42 Å². The number of hydrogen-bond acceptors (Lipinski definition) is 7. The van der Waals surface area contributed by atoms with Gasteiger partial charge in [0.1, 0.15) is 0 Å². The number of morpholine rings is 1. The molecule has 0 aromatic heterocycles. The molecule has 0 amide bonds. The summed E-state index contributed by atoms with van der Waals surface area (Å²) in [6, 6.07) is 11.8. The molecule has 0 bridgehead atoms. The Kier molecular flexibility index (Phi) is 4.97. The van der Waals surface area contributed by atoms with Crippen LogP contribution in [0.1, 0.15) is 20.7 Å². The van der Waals surface area contributed by atoms with E-state index >= 15 is 0 Å². The topological polar surface area (TPSA) is 92.8 Å². The first kappa shape index (κ1) is 19.4. The molecule has 0 unspecified atom stereocenters. The van der Waals surface area contributed by atoms with Crippen molar-refractivity contribution in [2.45, 2.75) is 4.90 Å². The van der Waals surface area contributed by atoms with Crippen LogP contribution in [0.2, 0.25) is 0 Å². The number of Topliss-reactive ketones (excluding diaryl/α,β-unsaturated/α-hetero) is 1. The van der Waals surface area contributed by atoms with E-state index in [0.29, 0.717) is 18.9 Å². The zero-order chi connectivity index (χ0) is 20.6. The maximum Gasteiger partial charge on any atom is 0.210 e. The van der Waals surface area contributed by atoms with Crippen LogP contribution in [0.4, 0.5) is 11.4 Å². The Labute approximate surface area is 168 Å². The van der Waals surface area contributed by atoms with Crippen molar-refractivity contribution in [3.63, 3.8) is 0 Å². The molecule has 150 valence electrons. The highest BCUT2D eigenvalue weighted by atomic mass is 32.2. The second-order valence-corrected chi connectivity index (χ2v) is 8.93. The lowest BCUT2D eigenvalue weighted by molar-refractivity contribution is 0.0983. The molecule has 8 heteroatoms. The minimum Gasteiger partial charge on any atom is -0.378 e. The molecule has 1 N–H and O–H groups in total. The summed E-state index contributed by atoms with van der Waals surface area (Å²) in [7, 11) is -3.64. The number of anilines is 2. The molecule has 4 rings (SSSR count). The van der Waals surface area contributed by atoms with Gasteiger partial charge >= 0.3 is 0 Å². The Hall–Kier alpha value is -2.97. The fourth-order valence-electron chi connectivity index (χ4n) is 3.59. The molecule has 0 atom stereocenters. The lowest BCUT2D eigenvalue weighted by Crippen LogP contribution is -2.36. The zero-order valence-corrected chi connectivity index (χ0v) is 16.7. The molecule has 2 aromatic rings. The summed E-state index contributed by atoms with van der Waals surface area (Å²) in [5.41, 5.74) is 1.75. The third-order valence-electron chi connectivity index (χ3n) is 4.96. The Morgan fingerprint density at radius 3 is 2.45 bits per heavy atom. The number of allylic oxidation sites excluding steroid dienone is 2. The second kappa shape index (κ2) is 7.46. The van der Waals surface area contributed by atoms with Crippen molar-refractivity contribution >= 4 is 32.8 Å². The molecule has 1 fully saturated rings. The summed E-state index contributed by atoms with van der Waals surface area (Å²) in [5, 5.41) is 3.08. The molecule has 2 aliphatic rings. The predicted octanol–water partition coefficient (Wildman–Crippen LogP) is 2.30. The summed E-state index contributed by atoms with van der Waals surface area (Å²) >= 11 is 0. The largest absolute Gasteiger partial charge is 0.378 e. The maximum atomic E-state index is 13.0. The van der Waals surface area contributed by atoms with Gasteiger partial charge in [-0.05, 0) is 18.2 Å². The standard InChI is InChI=1S/C21H20N2O5S/c1-29(26,27)19-8-4-5-14-20(19)18(24)13-16(21(14)25)22-15-6-2-3-7-17(15)23-9-11-28-12-10-23/h2-8,13,22H,9-12H2,1H3. The number of carbonyl (C=O) groups excluding carboxylic acids is 2. The van der Waals surface area contributed by atoms with Crippen molar-refractivity contribution < 1.29 is 22.7 Å². The first-order valence-electron chi connectivity index (χ1n) is 9.19. The molecular formula is C21H20N2O5S. The lowest BCUT2D eigenvalue weighted by Gasteiger charge is -2.31. The van der Waals surface area contributed by atoms with Gasteiger partial charge in [-0.3, -0.25) is 9.59 Å². The third kappa shape index (κ3) is 3.68. The van der Waals surface area contributed by atoms with Crippen LogP contribution in [0.3, 0.4) is 0 Å². The number of nitrogens with zero attached hydrogens (tertiary/aromatic N) is 1. The highest BCUT2D eigenvalue weighted by molar-refractivity contribution is 7.90. The van der Waals surface area contributed by atoms with Gasteiger partial charge in [0.2, 0.25) is 5.78 Å². The summed E-state index contributed by atoms with van der Waals surface area (Å²) in [4.78, 5) is 27.8. The number of carbonyl (C=O) groups is 2. The van der Waals surface area contributed by atoms with Crippen molar-refractivity contribution in [2.24, 2.45) is 0 Å². The monoisotopic (exact) mass is 412 g/mol. The summed E-state index contributed by atoms with van der Waals surface area (Å²) in [6.07, 6.45) is 2.20. The Balaban J connectivity index is 1.70. The van der Waals surface area contributed by atoms with Crippen LogP contribution < -0.4 is 10.2 Å². The summed E-state index contributed by atoms with van der Waals surface area (Å²) < 4.78 is 29.5. The number of hydrogen-bond donors (Lipinski definition) is 1. The Morgan fingerprint density at radius 1 is 1.00 bits per heavy atom. The number of benzene rings is 2. The smallest absolute Gasteiger partial charge is 0.210 e. The van der Waals surface area contributed by atoms with Crippen molar-refractivity contribution in [3.8, 4) is 0 Å². The van der Waals surface area contributed by atoms with E-state index in [1.807, 2.05) is 24.3 Å². The number of rotatable bonds is 4. The fraction of sp³-hybridized carbons (Fsp3) is 0.238. The van der Waals surface area contributed by atoms with Gasteiger partial charge in [-0.1, -0.05) is 24.3 Å². The minimum absolute atomic E-state index is 0.0629. The molecule has 2 aromatic carbocycles. The third-order valence-corrected chi connectivity index (χ3v) is 6.10. The highest BCUT2D eigenvalue weighted by Crippen LogP contribution is 2.31. The van der Waals surface area contributed by atoms with Crippen LogP contribution in [0, 0.1) is 0 Å². The van der Waals surface area contributed by atoms with Gasteiger partial charge in [0, 0.05) is 31.0 Å². The number of para-hydroxylation sites is 2. The van der Waals surface area contributed by atoms with Crippen LogP contribution in [-0.4, -0.2) is 52.5 Å². The molecule has 1 aliphatic heterocycles. The van der Waals surface area contributed by atoms with Gasteiger partial charge in [0.25, 0.3) is 0 Å². The summed E-state index contributed by atoms with van der Waals surface area (Å²) in [5.74, 6) is -0.922. The first-order chi connectivity index (χ1) is 13.9. The minimum atomic E-state index is -3.64. The van der Waals surface area contributed by atoms with E-state index in [0.717, 1.165) is 25.0 Å². The summed E-state index contributed by atoms with van der Waals surface area (Å²) in [6.45, 7) is 2.70. The molecule has 0 saturated carbocycles. The maximum absolute atomic E-state index is 13.0. The fourth-order valence-corrected chi connectivity index (χ4v) is 4.50. The van der Waals surface area contributed by atoms with E-state index < -0.39 is 21.4 Å². The van der Waals surface area contributed by atoms with E-state index in [1.54, 1.807) is 0 Å². The van der Waals surface area contributed by atoms with E-state index in [2.05, 4.69) is 10.2 Å². The molecule has 0 spiro atoms. The van der Waals surface area contributed by atoms with Crippen LogP contribution in [-0.2, 0) is 14.6 Å². The molecule has 0 radical (unpaired) electrons. The van der Waals surface area contributed by atoms with E-state index in [4.69, 9.17) is 4.74 Å². The van der Waals surface area contributed by atoms with Crippen molar-refractivity contribution in [1.29, 1.82) is 0 Å². The predicted molar refractivity (Wildman–Crippen MR) is 109 cm³/mol. The van der Waals surface area contributed by atoms with Gasteiger partial charge in [0.15, 0.2) is 15.6 Å². The number of nitrogens with one attached hydrogen (secondary N) is 1. The zero-order valence-electron chi connectivity index (χ0n) is 15.8. The van der Waals surface area contributed by atoms with Crippen molar-refractivity contribution in [1.82, 2.24) is 0 Å². The van der Waals surface area contributed by atoms with Crippen molar-refractivity contribution in [3.05, 3.63) is 65.4 Å². The van der Waals surface area contributed by atoms with Crippen molar-refractivity contribution in [2.75, 3.05) is 42.8 Å². The SMILES string of the molecule is CS(=O)(=O)c1cccc2c1C(=O)C=C(Nc1ccccc1N1CCOCC1)C2=O. The molecule has 29 heavy (non-hydrogen) atoms. The number of sulfone groups is 1. The quantitative estimate of drug-likeness (QED) is 0.824. The normalized spacial score (nSPS) is 17.0. The van der Waals surface area contributed by atoms with E-state index in [9.17, 15) is 18.0 Å². The van der Waals surface area contributed by atoms with E-state index in [1.165, 1.54) is 24.3 Å². The average Bonchev–Trinajstić information content (AvgIpc) is 2.72. The Bertz CT molecular complexity index is 1130. The van der Waals surface area contributed by atoms with Gasteiger partial charge in [0.05, 0.1) is 40.7 Å². The van der Waals surface area contributed by atoms with Crippen LogP contribution in [0.5, 0.6) is 0 Å². The molecule has 7 nitrogen and oxygen atoms in total. The number of fused-ring (bicyclic) bond motifs is 1. The van der Waals surface area contributed by atoms with Gasteiger partial charge in [-0.15, -0.1) is 0 Å². The molecular weight excluding hydrogens is 392 g/mol. The first-order valence-corrected chi connectivity index (χ1v) is 11.1. The van der Waals surface area contributed by atoms with Gasteiger partial charge < -0.3 is 15.0 Å². The van der Waals surface area contributed by atoms with Crippen LogP contribution in [0.25, 0.3) is 0 Å². The Morgan fingerprint density at radius 2 is 1.72 bits per heavy atom. The van der Waals surface area contributed by atoms with Crippen LogP contribution >= 0.6 is 0 Å². The molecule has 1 saturated heterocycles. The molecule has 1 aliphatic carbocycles. The number of ketones is 2. The molecule has 1 heterocycles. The van der Waals surface area contributed by atoms with Gasteiger partial charge in [-0.2, -0.15) is 0 Å². The van der Waals surface area contributed by atoms with Crippen LogP contribution in [0.15, 0.2) is 59.1 Å². The average molecular weight is 412 g/mol. The van der Waals surface area contributed by atoms with E-state index in [-0.39, 0.29) is 21.7 Å². The number of ether oxygens (including phenoxy) is 1. The lowest BCUT2D eigenvalue weighted by atomic mass is 9.92. The second-order valence-electron chi connectivity index (χ2n) is 6.94.